The average molecular weight is 430 g/mol. The van der Waals surface area contributed by atoms with Crippen molar-refractivity contribution in [2.75, 3.05) is 41.8 Å². The second-order valence-electron chi connectivity index (χ2n) is 8.90. The predicted octanol–water partition coefficient (Wildman–Crippen LogP) is 2.55. The zero-order chi connectivity index (χ0) is 21.1. The molecule has 10 heteroatoms. The summed E-state index contributed by atoms with van der Waals surface area (Å²) in [5, 5.41) is 0. The van der Waals surface area contributed by atoms with E-state index in [1.54, 1.807) is 0 Å². The molecule has 31 heavy (non-hydrogen) atoms. The van der Waals surface area contributed by atoms with Gasteiger partial charge in [-0.1, -0.05) is 0 Å². The molecule has 2 bridgehead atoms. The summed E-state index contributed by atoms with van der Waals surface area (Å²) in [4.78, 5) is 18.2. The van der Waals surface area contributed by atoms with Crippen molar-refractivity contribution in [1.29, 1.82) is 0 Å². The highest BCUT2D eigenvalue weighted by atomic mass is 19.3. The van der Waals surface area contributed by atoms with Gasteiger partial charge in [0.25, 0.3) is 0 Å². The number of hydrogen-bond acceptors (Lipinski definition) is 8. The Morgan fingerprint density at radius 3 is 2.77 bits per heavy atom. The van der Waals surface area contributed by atoms with Crippen molar-refractivity contribution in [3.05, 3.63) is 18.3 Å². The third-order valence-corrected chi connectivity index (χ3v) is 6.98. The van der Waals surface area contributed by atoms with E-state index < -0.39 is 6.61 Å². The number of fused-ring (bicyclic) bond motifs is 2. The Bertz CT molecular complexity index is 990. The number of alkyl halides is 2. The molecule has 5 fully saturated rings. The number of aromatic nitrogens is 3. The predicted molar refractivity (Wildman–Crippen MR) is 110 cm³/mol. The zero-order valence-corrected chi connectivity index (χ0v) is 17.0. The summed E-state index contributed by atoms with van der Waals surface area (Å²) >= 11 is 0. The molecule has 4 aliphatic heterocycles. The number of ether oxygens (including phenoxy) is 2. The van der Waals surface area contributed by atoms with E-state index in [1.807, 2.05) is 6.07 Å². The van der Waals surface area contributed by atoms with E-state index in [9.17, 15) is 8.78 Å². The van der Waals surface area contributed by atoms with E-state index in [1.165, 1.54) is 25.1 Å². The quantitative estimate of drug-likeness (QED) is 0.774. The number of hydrogen-bond donors (Lipinski definition) is 1. The SMILES string of the molecule is Nc1ncc(-c2cc(N3CC4CCOC4C3)nc(N3CC4CC3C4)n2)cc1OC(F)F. The van der Waals surface area contributed by atoms with Crippen LogP contribution >= 0.6 is 0 Å². The van der Waals surface area contributed by atoms with Crippen molar-refractivity contribution < 1.29 is 18.3 Å². The van der Waals surface area contributed by atoms with Crippen LogP contribution in [0.2, 0.25) is 0 Å². The Balaban J connectivity index is 1.38. The molecular weight excluding hydrogens is 406 g/mol. The summed E-state index contributed by atoms with van der Waals surface area (Å²) in [7, 11) is 0. The largest absolute Gasteiger partial charge is 0.431 e. The first-order valence-electron chi connectivity index (χ1n) is 10.8. The number of nitrogens with two attached hydrogens (primary N) is 1. The van der Waals surface area contributed by atoms with E-state index >= 15 is 0 Å². The number of nitrogens with zero attached hydrogens (tertiary/aromatic N) is 5. The molecule has 4 saturated heterocycles. The number of rotatable bonds is 5. The second kappa shape index (κ2) is 7.15. The summed E-state index contributed by atoms with van der Waals surface area (Å²) in [6.45, 7) is 0.501. The first kappa shape index (κ1) is 19.0. The molecule has 7 rings (SSSR count). The van der Waals surface area contributed by atoms with E-state index in [4.69, 9.17) is 20.4 Å². The Morgan fingerprint density at radius 1 is 1.16 bits per heavy atom. The lowest BCUT2D eigenvalue weighted by Crippen LogP contribution is -2.31. The molecule has 0 aromatic carbocycles. The van der Waals surface area contributed by atoms with Gasteiger partial charge in [-0.05, 0) is 31.2 Å². The fourth-order valence-corrected chi connectivity index (χ4v) is 5.29. The molecule has 1 aliphatic carbocycles. The molecule has 0 spiro atoms. The lowest BCUT2D eigenvalue weighted by atomic mass is 9.86. The molecule has 5 aliphatic rings. The van der Waals surface area contributed by atoms with Gasteiger partial charge >= 0.3 is 6.61 Å². The van der Waals surface area contributed by atoms with E-state index in [0.717, 1.165) is 38.5 Å². The van der Waals surface area contributed by atoms with Gasteiger partial charge in [-0.25, -0.2) is 9.97 Å². The minimum atomic E-state index is -2.98. The Labute approximate surface area is 178 Å². The monoisotopic (exact) mass is 430 g/mol. The zero-order valence-electron chi connectivity index (χ0n) is 17.0. The Kier molecular flexibility index (Phi) is 4.38. The molecule has 2 aromatic rings. The van der Waals surface area contributed by atoms with Gasteiger partial charge in [-0.2, -0.15) is 13.8 Å². The molecule has 8 nitrogen and oxygen atoms in total. The van der Waals surface area contributed by atoms with Crippen LogP contribution in [0.1, 0.15) is 19.3 Å². The highest BCUT2D eigenvalue weighted by Gasteiger charge is 2.44. The van der Waals surface area contributed by atoms with E-state index in [2.05, 4.69) is 19.5 Å². The number of pyridine rings is 1. The highest BCUT2D eigenvalue weighted by molar-refractivity contribution is 5.68. The van der Waals surface area contributed by atoms with Gasteiger partial charge < -0.3 is 25.0 Å². The van der Waals surface area contributed by atoms with E-state index in [-0.39, 0.29) is 17.7 Å². The lowest BCUT2D eigenvalue weighted by Gasteiger charge is -2.27. The van der Waals surface area contributed by atoms with Crippen molar-refractivity contribution >= 4 is 17.6 Å². The van der Waals surface area contributed by atoms with Gasteiger partial charge in [-0.3, -0.25) is 0 Å². The maximum absolute atomic E-state index is 12.8. The molecule has 2 unspecified atom stereocenters. The maximum Gasteiger partial charge on any atom is 0.387 e. The van der Waals surface area contributed by atoms with Crippen LogP contribution in [0.3, 0.4) is 0 Å². The van der Waals surface area contributed by atoms with E-state index in [0.29, 0.717) is 35.1 Å². The molecule has 6 heterocycles. The molecule has 0 radical (unpaired) electrons. The van der Waals surface area contributed by atoms with Gasteiger partial charge in [0.2, 0.25) is 5.95 Å². The highest BCUT2D eigenvalue weighted by Crippen LogP contribution is 2.43. The van der Waals surface area contributed by atoms with Gasteiger partial charge in [0.05, 0.1) is 11.8 Å². The van der Waals surface area contributed by atoms with Crippen LogP contribution in [-0.2, 0) is 4.74 Å². The molecule has 164 valence electrons. The van der Waals surface area contributed by atoms with Crippen molar-refractivity contribution in [3.8, 4) is 17.0 Å². The topological polar surface area (TPSA) is 89.6 Å². The average Bonchev–Trinajstić information content (AvgIpc) is 3.48. The number of anilines is 3. The number of halogens is 2. The third-order valence-electron chi connectivity index (χ3n) is 6.98. The maximum atomic E-state index is 12.8. The van der Waals surface area contributed by atoms with Crippen LogP contribution in [-0.4, -0.2) is 60.0 Å². The Morgan fingerprint density at radius 2 is 2.03 bits per heavy atom. The van der Waals surface area contributed by atoms with Crippen molar-refractivity contribution in [3.63, 3.8) is 0 Å². The fourth-order valence-electron chi connectivity index (χ4n) is 5.29. The van der Waals surface area contributed by atoms with Crippen LogP contribution in [0.5, 0.6) is 5.75 Å². The molecule has 2 atom stereocenters. The number of nitrogen functional groups attached to an aromatic ring is 1. The standard InChI is InChI=1S/C21H24F2N6O2/c22-20(23)31-16-5-13(7-25-19(16)24)15-6-18(28-9-12-1-2-30-17(12)10-28)27-21(26-15)29-8-11-3-14(29)4-11/h5-7,11-12,14,17,20H,1-4,8-10H2,(H2,24,25). The van der Waals surface area contributed by atoms with Crippen LogP contribution < -0.4 is 20.3 Å². The molecule has 0 amide bonds. The normalized spacial score (nSPS) is 28.9. The summed E-state index contributed by atoms with van der Waals surface area (Å²) in [6, 6.07) is 3.84. The first-order valence-corrected chi connectivity index (χ1v) is 10.8. The summed E-state index contributed by atoms with van der Waals surface area (Å²) in [6.07, 6.45) is 5.21. The first-order chi connectivity index (χ1) is 15.0. The second-order valence-corrected chi connectivity index (χ2v) is 8.90. The fraction of sp³-hybridized carbons (Fsp3) is 0.571. The molecular formula is C21H24F2N6O2. The van der Waals surface area contributed by atoms with Gasteiger partial charge in [0.1, 0.15) is 5.82 Å². The van der Waals surface area contributed by atoms with Crippen molar-refractivity contribution in [2.45, 2.75) is 38.0 Å². The smallest absolute Gasteiger partial charge is 0.387 e. The summed E-state index contributed by atoms with van der Waals surface area (Å²) in [5.74, 6) is 2.51. The van der Waals surface area contributed by atoms with Crippen LogP contribution in [0.25, 0.3) is 11.3 Å². The Hall–Kier alpha value is -2.75. The van der Waals surface area contributed by atoms with Crippen LogP contribution in [0.15, 0.2) is 18.3 Å². The summed E-state index contributed by atoms with van der Waals surface area (Å²) < 4.78 is 35.9. The van der Waals surface area contributed by atoms with Gasteiger partial charge in [0, 0.05) is 56.0 Å². The van der Waals surface area contributed by atoms with Crippen LogP contribution in [0.4, 0.5) is 26.4 Å². The van der Waals surface area contributed by atoms with Crippen molar-refractivity contribution in [1.82, 2.24) is 15.0 Å². The third kappa shape index (κ3) is 3.33. The molecule has 2 aromatic heterocycles. The van der Waals surface area contributed by atoms with Gasteiger partial charge in [-0.15, -0.1) is 0 Å². The molecule has 1 saturated carbocycles. The molecule has 2 N–H and O–H groups in total. The summed E-state index contributed by atoms with van der Waals surface area (Å²) in [5.41, 5.74) is 6.90. The van der Waals surface area contributed by atoms with Crippen LogP contribution in [0, 0.1) is 11.8 Å². The minimum Gasteiger partial charge on any atom is -0.431 e. The minimum absolute atomic E-state index is 0.0802. The van der Waals surface area contributed by atoms with Crippen molar-refractivity contribution in [2.24, 2.45) is 11.8 Å². The van der Waals surface area contributed by atoms with Gasteiger partial charge in [0.15, 0.2) is 11.6 Å². The lowest BCUT2D eigenvalue weighted by molar-refractivity contribution is -0.0494.